The van der Waals surface area contributed by atoms with Crippen LogP contribution in [0.2, 0.25) is 0 Å². The maximum atomic E-state index is 13.6. The second kappa shape index (κ2) is 5.42. The van der Waals surface area contributed by atoms with E-state index >= 15 is 0 Å². The zero-order valence-corrected chi connectivity index (χ0v) is 11.6. The van der Waals surface area contributed by atoms with Crippen molar-refractivity contribution in [2.45, 2.75) is 13.0 Å². The molecule has 20 heavy (non-hydrogen) atoms. The Morgan fingerprint density at radius 2 is 2.15 bits per heavy atom. The summed E-state index contributed by atoms with van der Waals surface area (Å²) in [7, 11) is 0. The Hall–Kier alpha value is -1.59. The summed E-state index contributed by atoms with van der Waals surface area (Å²) in [6.07, 6.45) is 0.923. The summed E-state index contributed by atoms with van der Waals surface area (Å²) < 4.78 is 26.4. The average Bonchev–Trinajstić information content (AvgIpc) is 2.85. The normalized spacial score (nSPS) is 15.1. The van der Waals surface area contributed by atoms with Gasteiger partial charge < -0.3 is 0 Å². The number of Topliss-reactive ketones (excluding diaryl/α,β-unsaturated/α-hetero) is 1. The van der Waals surface area contributed by atoms with Gasteiger partial charge in [0.1, 0.15) is 11.6 Å². The quantitative estimate of drug-likeness (QED) is 0.810. The molecule has 1 aromatic carbocycles. The second-order valence-electron chi connectivity index (χ2n) is 4.88. The van der Waals surface area contributed by atoms with E-state index in [4.69, 9.17) is 0 Å². The van der Waals surface area contributed by atoms with Crippen molar-refractivity contribution in [2.75, 3.05) is 13.1 Å². The SMILES string of the molecule is O=C(CN1CCc2sccc2C1)c1ccc(F)cc1F. The summed E-state index contributed by atoms with van der Waals surface area (Å²) >= 11 is 1.73. The molecule has 3 rings (SSSR count). The van der Waals surface area contributed by atoms with Gasteiger partial charge >= 0.3 is 0 Å². The van der Waals surface area contributed by atoms with Gasteiger partial charge in [-0.2, -0.15) is 0 Å². The zero-order valence-electron chi connectivity index (χ0n) is 10.7. The van der Waals surface area contributed by atoms with E-state index < -0.39 is 11.6 Å². The molecular formula is C15H13F2NOS. The molecule has 104 valence electrons. The number of halogens is 2. The van der Waals surface area contributed by atoms with Gasteiger partial charge in [-0.3, -0.25) is 9.69 Å². The third-order valence-electron chi connectivity index (χ3n) is 3.49. The smallest absolute Gasteiger partial charge is 0.179 e. The Morgan fingerprint density at radius 3 is 2.95 bits per heavy atom. The van der Waals surface area contributed by atoms with Gasteiger partial charge in [-0.15, -0.1) is 11.3 Å². The van der Waals surface area contributed by atoms with Crippen LogP contribution in [0, 0.1) is 11.6 Å². The van der Waals surface area contributed by atoms with Crippen LogP contribution in [0.3, 0.4) is 0 Å². The first-order valence-electron chi connectivity index (χ1n) is 6.39. The first kappa shape index (κ1) is 13.4. The molecule has 0 aliphatic carbocycles. The molecule has 1 aromatic heterocycles. The minimum atomic E-state index is -0.789. The predicted octanol–water partition coefficient (Wildman–Crippen LogP) is 3.27. The van der Waals surface area contributed by atoms with Gasteiger partial charge in [-0.25, -0.2) is 8.78 Å². The molecular weight excluding hydrogens is 280 g/mol. The largest absolute Gasteiger partial charge is 0.293 e. The van der Waals surface area contributed by atoms with Crippen LogP contribution >= 0.6 is 11.3 Å². The summed E-state index contributed by atoms with van der Waals surface area (Å²) in [4.78, 5) is 15.5. The van der Waals surface area contributed by atoms with E-state index in [9.17, 15) is 13.6 Å². The van der Waals surface area contributed by atoms with Crippen LogP contribution in [0.25, 0.3) is 0 Å². The van der Waals surface area contributed by atoms with Crippen LogP contribution in [0.4, 0.5) is 8.78 Å². The summed E-state index contributed by atoms with van der Waals surface area (Å²) in [6.45, 7) is 1.67. The standard InChI is InChI=1S/C15H13F2NOS/c16-11-1-2-12(13(17)7-11)14(19)9-18-5-3-15-10(8-18)4-6-20-15/h1-2,4,6-7H,3,5,8-9H2. The Labute approximate surface area is 119 Å². The van der Waals surface area contributed by atoms with E-state index in [2.05, 4.69) is 11.4 Å². The number of benzene rings is 1. The number of rotatable bonds is 3. The van der Waals surface area contributed by atoms with Crippen molar-refractivity contribution in [1.29, 1.82) is 0 Å². The van der Waals surface area contributed by atoms with E-state index in [1.54, 1.807) is 11.3 Å². The average molecular weight is 293 g/mol. The predicted molar refractivity (Wildman–Crippen MR) is 74.0 cm³/mol. The Kier molecular flexibility index (Phi) is 3.63. The van der Waals surface area contributed by atoms with Gasteiger partial charge in [-0.1, -0.05) is 0 Å². The van der Waals surface area contributed by atoms with E-state index in [0.717, 1.165) is 25.1 Å². The minimum absolute atomic E-state index is 0.0393. The maximum absolute atomic E-state index is 13.6. The number of ketones is 1. The van der Waals surface area contributed by atoms with E-state index in [1.807, 2.05) is 4.90 Å². The van der Waals surface area contributed by atoms with E-state index in [0.29, 0.717) is 6.54 Å². The molecule has 0 fully saturated rings. The molecule has 1 aliphatic rings. The number of thiophene rings is 1. The monoisotopic (exact) mass is 293 g/mol. The third kappa shape index (κ3) is 2.64. The van der Waals surface area contributed by atoms with Gasteiger partial charge in [0, 0.05) is 24.0 Å². The van der Waals surface area contributed by atoms with Gasteiger partial charge in [0.25, 0.3) is 0 Å². The van der Waals surface area contributed by atoms with Crippen LogP contribution in [0.1, 0.15) is 20.8 Å². The van der Waals surface area contributed by atoms with Crippen LogP contribution < -0.4 is 0 Å². The van der Waals surface area contributed by atoms with E-state index in [-0.39, 0.29) is 17.9 Å². The van der Waals surface area contributed by atoms with Crippen molar-refractivity contribution < 1.29 is 13.6 Å². The lowest BCUT2D eigenvalue weighted by atomic mass is 10.1. The first-order chi connectivity index (χ1) is 9.63. The molecule has 0 saturated heterocycles. The van der Waals surface area contributed by atoms with Crippen LogP contribution in [-0.2, 0) is 13.0 Å². The maximum Gasteiger partial charge on any atom is 0.179 e. The highest BCUT2D eigenvalue weighted by molar-refractivity contribution is 7.10. The summed E-state index contributed by atoms with van der Waals surface area (Å²) in [5.74, 6) is -1.76. The first-order valence-corrected chi connectivity index (χ1v) is 7.27. The fourth-order valence-electron chi connectivity index (χ4n) is 2.45. The zero-order chi connectivity index (χ0) is 14.1. The Bertz CT molecular complexity index is 653. The number of carbonyl (C=O) groups excluding carboxylic acids is 1. The van der Waals surface area contributed by atoms with Crippen LogP contribution in [0.5, 0.6) is 0 Å². The van der Waals surface area contributed by atoms with Crippen molar-refractivity contribution in [3.05, 3.63) is 57.3 Å². The second-order valence-corrected chi connectivity index (χ2v) is 5.88. The molecule has 5 heteroatoms. The highest BCUT2D eigenvalue weighted by Crippen LogP contribution is 2.24. The third-order valence-corrected chi connectivity index (χ3v) is 4.51. The number of hydrogen-bond donors (Lipinski definition) is 0. The minimum Gasteiger partial charge on any atom is -0.293 e. The highest BCUT2D eigenvalue weighted by Gasteiger charge is 2.21. The number of nitrogens with zero attached hydrogens (tertiary/aromatic N) is 1. The van der Waals surface area contributed by atoms with Gasteiger partial charge in [0.05, 0.1) is 12.1 Å². The van der Waals surface area contributed by atoms with Gasteiger partial charge in [-0.05, 0) is 35.6 Å². The lowest BCUT2D eigenvalue weighted by Crippen LogP contribution is -2.34. The fourth-order valence-corrected chi connectivity index (χ4v) is 3.34. The molecule has 0 spiro atoms. The van der Waals surface area contributed by atoms with Crippen LogP contribution in [-0.4, -0.2) is 23.8 Å². The van der Waals surface area contributed by atoms with Crippen molar-refractivity contribution in [3.63, 3.8) is 0 Å². The Balaban J connectivity index is 1.71. The molecule has 0 amide bonds. The molecule has 1 aliphatic heterocycles. The molecule has 0 atom stereocenters. The van der Waals surface area contributed by atoms with Crippen LogP contribution in [0.15, 0.2) is 29.6 Å². The molecule has 0 N–H and O–H groups in total. The summed E-state index contributed by atoms with van der Waals surface area (Å²) in [5, 5.41) is 2.05. The van der Waals surface area contributed by atoms with Crippen molar-refractivity contribution in [1.82, 2.24) is 4.90 Å². The molecule has 2 nitrogen and oxygen atoms in total. The summed E-state index contributed by atoms with van der Waals surface area (Å²) in [5.41, 5.74) is 1.20. The Morgan fingerprint density at radius 1 is 1.30 bits per heavy atom. The van der Waals surface area contributed by atoms with Gasteiger partial charge in [0.2, 0.25) is 0 Å². The number of hydrogen-bond acceptors (Lipinski definition) is 3. The van der Waals surface area contributed by atoms with Crippen molar-refractivity contribution >= 4 is 17.1 Å². The van der Waals surface area contributed by atoms with Gasteiger partial charge in [0.15, 0.2) is 5.78 Å². The molecule has 0 radical (unpaired) electrons. The molecule has 0 saturated carbocycles. The van der Waals surface area contributed by atoms with Crippen molar-refractivity contribution in [2.24, 2.45) is 0 Å². The highest BCUT2D eigenvalue weighted by atomic mass is 32.1. The topological polar surface area (TPSA) is 20.3 Å². The molecule has 2 aromatic rings. The van der Waals surface area contributed by atoms with Crippen molar-refractivity contribution in [3.8, 4) is 0 Å². The molecule has 0 bridgehead atoms. The fraction of sp³-hybridized carbons (Fsp3) is 0.267. The lowest BCUT2D eigenvalue weighted by molar-refractivity contribution is 0.0918. The lowest BCUT2D eigenvalue weighted by Gasteiger charge is -2.26. The molecule has 0 unspecified atom stereocenters. The number of fused-ring (bicyclic) bond motifs is 1. The van der Waals surface area contributed by atoms with E-state index in [1.165, 1.54) is 16.5 Å². The number of carbonyl (C=O) groups is 1. The summed E-state index contributed by atoms with van der Waals surface area (Å²) in [6, 6.07) is 5.14. The molecule has 2 heterocycles.